The number of rotatable bonds is 4. The molecule has 1 aromatic heterocycles. The predicted octanol–water partition coefficient (Wildman–Crippen LogP) is 2.47. The maximum Gasteiger partial charge on any atom is 0.417 e. The van der Waals surface area contributed by atoms with E-state index in [1.807, 2.05) is 0 Å². The predicted molar refractivity (Wildman–Crippen MR) is 73.5 cm³/mol. The fourth-order valence-electron chi connectivity index (χ4n) is 3.63. The molecule has 1 N–H and O–H groups in total. The van der Waals surface area contributed by atoms with Crippen molar-refractivity contribution in [3.8, 4) is 5.88 Å². The van der Waals surface area contributed by atoms with Gasteiger partial charge in [0.2, 0.25) is 5.88 Å². The summed E-state index contributed by atoms with van der Waals surface area (Å²) in [6.45, 7) is 1.48. The minimum atomic E-state index is -4.38. The summed E-state index contributed by atoms with van der Waals surface area (Å²) in [6, 6.07) is 2.42. The molecule has 7 heteroatoms. The molecule has 3 heterocycles. The molecule has 3 rings (SSSR count). The Balaban J connectivity index is 1.59. The highest BCUT2D eigenvalue weighted by Gasteiger charge is 2.48. The smallest absolute Gasteiger partial charge is 0.417 e. The Morgan fingerprint density at radius 2 is 2.18 bits per heavy atom. The lowest BCUT2D eigenvalue weighted by Crippen LogP contribution is -2.46. The monoisotopic (exact) mass is 316 g/mol. The summed E-state index contributed by atoms with van der Waals surface area (Å²) in [4.78, 5) is 6.01. The second-order valence-electron chi connectivity index (χ2n) is 6.07. The van der Waals surface area contributed by atoms with Gasteiger partial charge in [-0.15, -0.1) is 0 Å². The summed E-state index contributed by atoms with van der Waals surface area (Å²) < 4.78 is 43.0. The van der Waals surface area contributed by atoms with Crippen molar-refractivity contribution < 1.29 is 23.0 Å². The van der Waals surface area contributed by atoms with Crippen LogP contribution < -0.4 is 4.74 Å². The van der Waals surface area contributed by atoms with Gasteiger partial charge in [0.05, 0.1) is 12.2 Å². The van der Waals surface area contributed by atoms with Crippen LogP contribution in [0, 0.1) is 0 Å². The van der Waals surface area contributed by atoms with Gasteiger partial charge in [0.15, 0.2) is 0 Å². The third kappa shape index (κ3) is 2.79. The third-order valence-electron chi connectivity index (χ3n) is 4.82. The Kier molecular flexibility index (Phi) is 4.03. The van der Waals surface area contributed by atoms with Crippen LogP contribution in [-0.4, -0.2) is 46.3 Å². The summed E-state index contributed by atoms with van der Waals surface area (Å²) in [7, 11) is 0. The van der Waals surface area contributed by atoms with E-state index in [-0.39, 0.29) is 24.1 Å². The average Bonchev–Trinajstić information content (AvgIpc) is 3.04. The van der Waals surface area contributed by atoms with Crippen LogP contribution >= 0.6 is 0 Å². The first-order chi connectivity index (χ1) is 10.4. The third-order valence-corrected chi connectivity index (χ3v) is 4.82. The minimum Gasteiger partial charge on any atom is -0.476 e. The van der Waals surface area contributed by atoms with Gasteiger partial charge in [-0.2, -0.15) is 13.2 Å². The highest BCUT2D eigenvalue weighted by Crippen LogP contribution is 2.42. The Hall–Kier alpha value is -1.34. The van der Waals surface area contributed by atoms with Gasteiger partial charge >= 0.3 is 6.18 Å². The lowest BCUT2D eigenvalue weighted by atomic mass is 9.95. The first-order valence-electron chi connectivity index (χ1n) is 7.48. The van der Waals surface area contributed by atoms with Gasteiger partial charge in [-0.1, -0.05) is 0 Å². The first kappa shape index (κ1) is 15.6. The van der Waals surface area contributed by atoms with Gasteiger partial charge in [-0.25, -0.2) is 4.98 Å². The van der Waals surface area contributed by atoms with Crippen molar-refractivity contribution in [3.05, 3.63) is 23.9 Å². The topological polar surface area (TPSA) is 45.6 Å². The Morgan fingerprint density at radius 1 is 1.36 bits per heavy atom. The van der Waals surface area contributed by atoms with E-state index >= 15 is 0 Å². The highest BCUT2D eigenvalue weighted by atomic mass is 19.4. The van der Waals surface area contributed by atoms with E-state index in [4.69, 9.17) is 4.74 Å². The number of alkyl halides is 3. The van der Waals surface area contributed by atoms with E-state index in [2.05, 4.69) is 9.88 Å². The second-order valence-corrected chi connectivity index (χ2v) is 6.07. The van der Waals surface area contributed by atoms with Crippen LogP contribution in [0.25, 0.3) is 0 Å². The zero-order valence-electron chi connectivity index (χ0n) is 12.1. The molecule has 0 saturated carbocycles. The molecule has 0 radical (unpaired) electrons. The van der Waals surface area contributed by atoms with Crippen molar-refractivity contribution in [1.82, 2.24) is 9.88 Å². The summed E-state index contributed by atoms with van der Waals surface area (Å²) in [5.41, 5.74) is -0.888. The molecule has 2 fully saturated rings. The standard InChI is InChI=1S/C15H19F3N2O2/c16-15(17,18)11-2-3-13(19-8-11)22-9-12-4-6-14(10-21)5-1-7-20(12)14/h2-3,8,12,21H,1,4-7,9-10H2/t12-,14-/m0/s1. The fraction of sp³-hybridized carbons (Fsp3) is 0.667. The number of fused-ring (bicyclic) bond motifs is 1. The molecular formula is C15H19F3N2O2. The molecule has 122 valence electrons. The van der Waals surface area contributed by atoms with E-state index in [1.54, 1.807) is 0 Å². The molecular weight excluding hydrogens is 297 g/mol. The number of aliphatic hydroxyl groups excluding tert-OH is 1. The fourth-order valence-corrected chi connectivity index (χ4v) is 3.63. The molecule has 2 aliphatic rings. The maximum absolute atomic E-state index is 12.5. The van der Waals surface area contributed by atoms with E-state index in [0.29, 0.717) is 6.61 Å². The van der Waals surface area contributed by atoms with Gasteiger partial charge < -0.3 is 9.84 Å². The zero-order valence-corrected chi connectivity index (χ0v) is 12.1. The lowest BCUT2D eigenvalue weighted by molar-refractivity contribution is -0.137. The number of nitrogens with zero attached hydrogens (tertiary/aromatic N) is 2. The second kappa shape index (κ2) is 5.70. The van der Waals surface area contributed by atoms with Gasteiger partial charge in [-0.05, 0) is 38.3 Å². The van der Waals surface area contributed by atoms with Crippen LogP contribution in [-0.2, 0) is 6.18 Å². The van der Waals surface area contributed by atoms with Crippen LogP contribution in [0.3, 0.4) is 0 Å². The number of halogens is 3. The number of pyridine rings is 1. The maximum atomic E-state index is 12.5. The molecule has 0 spiro atoms. The summed E-state index contributed by atoms with van der Waals surface area (Å²) in [5, 5.41) is 9.64. The molecule has 2 atom stereocenters. The van der Waals surface area contributed by atoms with Crippen LogP contribution in [0.2, 0.25) is 0 Å². The SMILES string of the molecule is OC[C@@]12CCCN1[C@H](COc1ccc(C(F)(F)F)cn1)CC2. The molecule has 22 heavy (non-hydrogen) atoms. The molecule has 4 nitrogen and oxygen atoms in total. The summed E-state index contributed by atoms with van der Waals surface area (Å²) in [6.07, 6.45) is 0.346. The Bertz CT molecular complexity index is 521. The van der Waals surface area contributed by atoms with Crippen molar-refractivity contribution in [2.75, 3.05) is 19.8 Å². The van der Waals surface area contributed by atoms with E-state index in [0.717, 1.165) is 44.5 Å². The van der Waals surface area contributed by atoms with Gasteiger partial charge in [0.25, 0.3) is 0 Å². The molecule has 0 unspecified atom stereocenters. The van der Waals surface area contributed by atoms with Crippen molar-refractivity contribution >= 4 is 0 Å². The molecule has 2 aliphatic heterocycles. The lowest BCUT2D eigenvalue weighted by Gasteiger charge is -2.33. The van der Waals surface area contributed by atoms with E-state index < -0.39 is 11.7 Å². The van der Waals surface area contributed by atoms with Crippen LogP contribution in [0.4, 0.5) is 13.2 Å². The first-order valence-corrected chi connectivity index (χ1v) is 7.48. The zero-order chi connectivity index (χ0) is 15.8. The number of aromatic nitrogens is 1. The summed E-state index contributed by atoms with van der Waals surface area (Å²) in [5.74, 6) is 0.202. The minimum absolute atomic E-state index is 0.110. The van der Waals surface area contributed by atoms with Gasteiger partial charge in [0.1, 0.15) is 6.61 Å². The van der Waals surface area contributed by atoms with Crippen molar-refractivity contribution in [2.24, 2.45) is 0 Å². The van der Waals surface area contributed by atoms with E-state index in [9.17, 15) is 18.3 Å². The number of hydrogen-bond acceptors (Lipinski definition) is 4. The number of hydrogen-bond donors (Lipinski definition) is 1. The number of ether oxygens (including phenoxy) is 1. The van der Waals surface area contributed by atoms with Crippen molar-refractivity contribution in [2.45, 2.75) is 43.4 Å². The van der Waals surface area contributed by atoms with Crippen LogP contribution in [0.1, 0.15) is 31.2 Å². The van der Waals surface area contributed by atoms with Crippen molar-refractivity contribution in [3.63, 3.8) is 0 Å². The van der Waals surface area contributed by atoms with E-state index in [1.165, 1.54) is 6.07 Å². The average molecular weight is 316 g/mol. The number of aliphatic hydroxyl groups is 1. The van der Waals surface area contributed by atoms with Gasteiger partial charge in [0, 0.05) is 23.8 Å². The Labute approximate surface area is 126 Å². The molecule has 0 aromatic carbocycles. The highest BCUT2D eigenvalue weighted by molar-refractivity contribution is 5.20. The molecule has 0 amide bonds. The molecule has 0 bridgehead atoms. The van der Waals surface area contributed by atoms with Gasteiger partial charge in [-0.3, -0.25) is 4.90 Å². The van der Waals surface area contributed by atoms with Crippen LogP contribution in [0.15, 0.2) is 18.3 Å². The largest absolute Gasteiger partial charge is 0.476 e. The van der Waals surface area contributed by atoms with Crippen molar-refractivity contribution in [1.29, 1.82) is 0 Å². The quantitative estimate of drug-likeness (QED) is 0.927. The van der Waals surface area contributed by atoms with Crippen LogP contribution in [0.5, 0.6) is 5.88 Å². The molecule has 1 aromatic rings. The molecule has 0 aliphatic carbocycles. The molecule has 2 saturated heterocycles. The Morgan fingerprint density at radius 3 is 2.82 bits per heavy atom. The normalized spacial score (nSPS) is 28.8. The summed E-state index contributed by atoms with van der Waals surface area (Å²) >= 11 is 0.